The quantitative estimate of drug-likeness (QED) is 0.625. The van der Waals surface area contributed by atoms with Gasteiger partial charge in [0.2, 0.25) is 0 Å². The third kappa shape index (κ3) is 3.82. The molecule has 2 nitrogen and oxygen atoms in total. The van der Waals surface area contributed by atoms with Gasteiger partial charge >= 0.3 is 0 Å². The van der Waals surface area contributed by atoms with Gasteiger partial charge < -0.3 is 5.73 Å². The van der Waals surface area contributed by atoms with Crippen molar-refractivity contribution in [3.05, 3.63) is 18.3 Å². The molecule has 2 N–H and O–H groups in total. The first-order valence-corrected chi connectivity index (χ1v) is 2.64. The van der Waals surface area contributed by atoms with Crippen molar-refractivity contribution in [3.63, 3.8) is 0 Å². The van der Waals surface area contributed by atoms with E-state index in [2.05, 4.69) is 17.6 Å². The lowest BCUT2D eigenvalue weighted by Gasteiger charge is -1.88. The molecule has 0 aliphatic carbocycles. The molecule has 0 amide bonds. The van der Waals surface area contributed by atoms with E-state index < -0.39 is 0 Å². The van der Waals surface area contributed by atoms with E-state index in [1.165, 1.54) is 0 Å². The molecule has 0 spiro atoms. The SMILES string of the molecule is Cl.Cl.Nc1ccc(S)cn1. The minimum absolute atomic E-state index is 0. The average Bonchev–Trinajstić information content (AvgIpc) is 1.77. The summed E-state index contributed by atoms with van der Waals surface area (Å²) >= 11 is 4.01. The lowest BCUT2D eigenvalue weighted by Crippen LogP contribution is -1.86. The largest absolute Gasteiger partial charge is 0.384 e. The normalized spacial score (nSPS) is 7.30. The van der Waals surface area contributed by atoms with E-state index >= 15 is 0 Å². The van der Waals surface area contributed by atoms with Gasteiger partial charge in [0.15, 0.2) is 0 Å². The highest BCUT2D eigenvalue weighted by molar-refractivity contribution is 7.80. The number of aromatic nitrogens is 1. The Kier molecular flexibility index (Phi) is 7.09. The minimum Gasteiger partial charge on any atom is -0.384 e. The molecule has 0 atom stereocenters. The van der Waals surface area contributed by atoms with Crippen molar-refractivity contribution in [2.24, 2.45) is 0 Å². The molecule has 0 aliphatic heterocycles. The Morgan fingerprint density at radius 1 is 1.30 bits per heavy atom. The molecule has 1 rings (SSSR count). The molecule has 0 radical (unpaired) electrons. The summed E-state index contributed by atoms with van der Waals surface area (Å²) in [7, 11) is 0. The molecule has 1 aromatic rings. The third-order valence-corrected chi connectivity index (χ3v) is 1.04. The second-order valence-electron chi connectivity index (χ2n) is 1.44. The van der Waals surface area contributed by atoms with Gasteiger partial charge in [-0.2, -0.15) is 0 Å². The van der Waals surface area contributed by atoms with Gasteiger partial charge in [-0.1, -0.05) is 0 Å². The molecular formula is C5H8Cl2N2S. The molecule has 0 bridgehead atoms. The van der Waals surface area contributed by atoms with Crippen LogP contribution in [-0.4, -0.2) is 4.98 Å². The van der Waals surface area contributed by atoms with Gasteiger partial charge in [-0.25, -0.2) is 4.98 Å². The van der Waals surface area contributed by atoms with Gasteiger partial charge in [0.05, 0.1) is 0 Å². The van der Waals surface area contributed by atoms with Crippen LogP contribution in [0.15, 0.2) is 23.2 Å². The van der Waals surface area contributed by atoms with E-state index in [0.29, 0.717) is 5.82 Å². The zero-order valence-corrected chi connectivity index (χ0v) is 7.55. The second kappa shape index (κ2) is 5.65. The molecule has 58 valence electrons. The van der Waals surface area contributed by atoms with Crippen LogP contribution < -0.4 is 5.73 Å². The average molecular weight is 199 g/mol. The van der Waals surface area contributed by atoms with Crippen LogP contribution in [0.5, 0.6) is 0 Å². The van der Waals surface area contributed by atoms with Gasteiger partial charge in [0.25, 0.3) is 0 Å². The lowest BCUT2D eigenvalue weighted by atomic mass is 10.5. The Bertz CT molecular complexity index is 157. The van der Waals surface area contributed by atoms with Crippen LogP contribution >= 0.6 is 37.4 Å². The predicted molar refractivity (Wildman–Crippen MR) is 50.4 cm³/mol. The first-order valence-electron chi connectivity index (χ1n) is 2.19. The monoisotopic (exact) mass is 198 g/mol. The maximum atomic E-state index is 5.28. The Hall–Kier alpha value is -0.120. The fourth-order valence-electron chi connectivity index (χ4n) is 0.397. The van der Waals surface area contributed by atoms with E-state index in [1.807, 2.05) is 0 Å². The first-order chi connectivity index (χ1) is 3.79. The van der Waals surface area contributed by atoms with E-state index in [9.17, 15) is 0 Å². The fraction of sp³-hybridized carbons (Fsp3) is 0. The highest BCUT2D eigenvalue weighted by Gasteiger charge is 1.82. The summed E-state index contributed by atoms with van der Waals surface area (Å²) in [5, 5.41) is 0. The number of rotatable bonds is 0. The van der Waals surface area contributed by atoms with Crippen LogP contribution in [0, 0.1) is 0 Å². The third-order valence-electron chi connectivity index (χ3n) is 0.771. The summed E-state index contributed by atoms with van der Waals surface area (Å²) in [6, 6.07) is 3.51. The van der Waals surface area contributed by atoms with Gasteiger partial charge in [-0.15, -0.1) is 37.4 Å². The number of nitrogens with zero attached hydrogens (tertiary/aromatic N) is 1. The molecule has 1 aromatic heterocycles. The van der Waals surface area contributed by atoms with Crippen molar-refractivity contribution < 1.29 is 0 Å². The molecular weight excluding hydrogens is 191 g/mol. The number of hydrogen-bond donors (Lipinski definition) is 2. The number of halogens is 2. The first kappa shape index (κ1) is 12.5. The van der Waals surface area contributed by atoms with Gasteiger partial charge in [0, 0.05) is 11.1 Å². The van der Waals surface area contributed by atoms with Crippen LogP contribution in [0.3, 0.4) is 0 Å². The van der Waals surface area contributed by atoms with Crippen molar-refractivity contribution in [2.45, 2.75) is 4.90 Å². The number of hydrogen-bond acceptors (Lipinski definition) is 3. The summed E-state index contributed by atoms with van der Waals surface area (Å²) in [5.41, 5.74) is 5.28. The summed E-state index contributed by atoms with van der Waals surface area (Å²) in [6.07, 6.45) is 1.61. The smallest absolute Gasteiger partial charge is 0.123 e. The molecule has 0 fully saturated rings. The number of nitrogen functional groups attached to an aromatic ring is 1. The highest BCUT2D eigenvalue weighted by Crippen LogP contribution is 2.03. The lowest BCUT2D eigenvalue weighted by molar-refractivity contribution is 1.25. The van der Waals surface area contributed by atoms with Gasteiger partial charge in [-0.3, -0.25) is 0 Å². The Balaban J connectivity index is 0. The second-order valence-corrected chi connectivity index (χ2v) is 1.96. The molecule has 1 heterocycles. The zero-order chi connectivity index (χ0) is 5.98. The Morgan fingerprint density at radius 2 is 1.90 bits per heavy atom. The van der Waals surface area contributed by atoms with E-state index in [0.717, 1.165) is 4.90 Å². The van der Waals surface area contributed by atoms with Crippen LogP contribution in [0.1, 0.15) is 0 Å². The molecule has 0 aliphatic rings. The van der Waals surface area contributed by atoms with Gasteiger partial charge in [0.1, 0.15) is 5.82 Å². The molecule has 5 heteroatoms. The van der Waals surface area contributed by atoms with Crippen LogP contribution in [0.4, 0.5) is 5.82 Å². The summed E-state index contributed by atoms with van der Waals surface area (Å²) in [4.78, 5) is 4.61. The van der Waals surface area contributed by atoms with Crippen LogP contribution in [-0.2, 0) is 0 Å². The van der Waals surface area contributed by atoms with E-state index in [-0.39, 0.29) is 24.8 Å². The summed E-state index contributed by atoms with van der Waals surface area (Å²) < 4.78 is 0. The van der Waals surface area contributed by atoms with Crippen LogP contribution in [0.2, 0.25) is 0 Å². The van der Waals surface area contributed by atoms with Crippen molar-refractivity contribution in [1.82, 2.24) is 4.98 Å². The molecule has 0 aromatic carbocycles. The van der Waals surface area contributed by atoms with Crippen molar-refractivity contribution in [1.29, 1.82) is 0 Å². The molecule has 0 unspecified atom stereocenters. The fourth-order valence-corrected chi connectivity index (χ4v) is 0.530. The summed E-state index contributed by atoms with van der Waals surface area (Å²) in [6.45, 7) is 0. The number of thiol groups is 1. The highest BCUT2D eigenvalue weighted by atomic mass is 35.5. The number of nitrogens with two attached hydrogens (primary N) is 1. The van der Waals surface area contributed by atoms with Gasteiger partial charge in [-0.05, 0) is 12.1 Å². The zero-order valence-electron chi connectivity index (χ0n) is 5.02. The topological polar surface area (TPSA) is 38.9 Å². The van der Waals surface area contributed by atoms with E-state index in [4.69, 9.17) is 5.73 Å². The number of anilines is 1. The molecule has 10 heavy (non-hydrogen) atoms. The van der Waals surface area contributed by atoms with Crippen LogP contribution in [0.25, 0.3) is 0 Å². The molecule has 0 saturated heterocycles. The standard InChI is InChI=1S/C5H6N2S.2ClH/c6-5-2-1-4(8)3-7-5;;/h1-3,8H,(H2,6,7);2*1H. The van der Waals surface area contributed by atoms with Crippen molar-refractivity contribution >= 4 is 43.3 Å². The van der Waals surface area contributed by atoms with Crippen molar-refractivity contribution in [2.75, 3.05) is 5.73 Å². The molecule has 0 saturated carbocycles. The Morgan fingerprint density at radius 3 is 2.20 bits per heavy atom. The maximum absolute atomic E-state index is 5.28. The predicted octanol–water partition coefficient (Wildman–Crippen LogP) is 1.80. The Labute approximate surface area is 77.5 Å². The number of pyridine rings is 1. The maximum Gasteiger partial charge on any atom is 0.123 e. The minimum atomic E-state index is 0. The van der Waals surface area contributed by atoms with E-state index in [1.54, 1.807) is 18.3 Å². The summed E-state index contributed by atoms with van der Waals surface area (Å²) in [5.74, 6) is 0.530. The van der Waals surface area contributed by atoms with Crippen molar-refractivity contribution in [3.8, 4) is 0 Å².